The summed E-state index contributed by atoms with van der Waals surface area (Å²) in [6.45, 7) is 6.19. The average Bonchev–Trinajstić information content (AvgIpc) is 3.39. The molecule has 0 spiro atoms. The predicted octanol–water partition coefficient (Wildman–Crippen LogP) is 9.52. The van der Waals surface area contributed by atoms with Gasteiger partial charge in [0.25, 0.3) is 0 Å². The first kappa shape index (κ1) is 38.4. The number of fused-ring (bicyclic) bond motifs is 4. The van der Waals surface area contributed by atoms with Crippen molar-refractivity contribution < 1.29 is 14.6 Å². The summed E-state index contributed by atoms with van der Waals surface area (Å²) in [5.41, 5.74) is 9.79. The van der Waals surface area contributed by atoms with Gasteiger partial charge >= 0.3 is 5.97 Å². The maximum absolute atomic E-state index is 12.8. The molecule has 2 fully saturated rings. The van der Waals surface area contributed by atoms with Crippen LogP contribution in [0.25, 0.3) is 23.3 Å². The summed E-state index contributed by atoms with van der Waals surface area (Å²) in [6.07, 6.45) is 12.0. The maximum atomic E-state index is 12.8. The summed E-state index contributed by atoms with van der Waals surface area (Å²) in [5.74, 6) is 0.975. The molecule has 2 aliphatic heterocycles. The zero-order valence-electron chi connectivity index (χ0n) is 29.5. The number of nitrogens with one attached hydrogen (secondary N) is 2. The van der Waals surface area contributed by atoms with Crippen molar-refractivity contribution in [1.82, 2.24) is 20.6 Å². The van der Waals surface area contributed by atoms with E-state index < -0.39 is 0 Å². The normalized spacial score (nSPS) is 19.8. The van der Waals surface area contributed by atoms with Gasteiger partial charge in [-0.3, -0.25) is 9.97 Å². The highest BCUT2D eigenvalue weighted by Gasteiger charge is 2.36. The molecule has 0 radical (unpaired) electrons. The molecule has 2 aliphatic carbocycles. The fourth-order valence-electron chi connectivity index (χ4n) is 8.39. The Kier molecular flexibility index (Phi) is 12.5. The third-order valence-corrected chi connectivity index (χ3v) is 12.1. The Hall–Kier alpha value is -2.89. The van der Waals surface area contributed by atoms with Crippen LogP contribution in [0.1, 0.15) is 89.2 Å². The minimum atomic E-state index is -0.333. The second kappa shape index (κ2) is 17.3. The number of aliphatic hydroxyl groups excluding tert-OH is 1. The number of carbonyl (C=O) groups excluding carboxylic acids is 1. The van der Waals surface area contributed by atoms with Gasteiger partial charge in [-0.2, -0.15) is 0 Å². The molecule has 4 heterocycles. The van der Waals surface area contributed by atoms with E-state index in [9.17, 15) is 9.90 Å². The Labute approximate surface area is 337 Å². The number of aromatic nitrogens is 2. The van der Waals surface area contributed by atoms with E-state index in [2.05, 4.69) is 66.8 Å². The van der Waals surface area contributed by atoms with E-state index >= 15 is 0 Å². The fourth-order valence-corrected chi connectivity index (χ4v) is 9.41. The number of carbonyl (C=O) groups is 1. The van der Waals surface area contributed by atoms with Gasteiger partial charge in [0.05, 0.1) is 30.2 Å². The third kappa shape index (κ3) is 8.37. The molecule has 2 atom stereocenters. The Bertz CT molecular complexity index is 2060. The molecular formula is C42H42Br2Cl2N4O3. The van der Waals surface area contributed by atoms with E-state index in [1.54, 1.807) is 0 Å². The van der Waals surface area contributed by atoms with Crippen molar-refractivity contribution in [3.8, 4) is 0 Å². The van der Waals surface area contributed by atoms with Crippen molar-refractivity contribution in [3.63, 3.8) is 0 Å². The summed E-state index contributed by atoms with van der Waals surface area (Å²) in [4.78, 5) is 22.4. The number of ether oxygens (including phenoxy) is 1. The van der Waals surface area contributed by atoms with Crippen molar-refractivity contribution >= 4 is 84.3 Å². The summed E-state index contributed by atoms with van der Waals surface area (Å²) in [5, 5.41) is 18.3. The number of halogens is 4. The lowest BCUT2D eigenvalue weighted by Crippen LogP contribution is -2.32. The monoisotopic (exact) mass is 878 g/mol. The molecule has 53 heavy (non-hydrogen) atoms. The Morgan fingerprint density at radius 2 is 1.26 bits per heavy atom. The van der Waals surface area contributed by atoms with Crippen LogP contribution >= 0.6 is 55.1 Å². The van der Waals surface area contributed by atoms with Crippen LogP contribution in [0.3, 0.4) is 0 Å². The zero-order chi connectivity index (χ0) is 37.1. The van der Waals surface area contributed by atoms with Gasteiger partial charge in [0.2, 0.25) is 0 Å². The van der Waals surface area contributed by atoms with Gasteiger partial charge in [-0.05, 0) is 179 Å². The number of aliphatic hydroxyl groups is 1. The molecule has 4 aromatic rings. The van der Waals surface area contributed by atoms with Crippen LogP contribution in [0.15, 0.2) is 69.9 Å². The summed E-state index contributed by atoms with van der Waals surface area (Å²) in [6, 6.07) is 16.1. The van der Waals surface area contributed by atoms with Crippen LogP contribution in [0, 0.1) is 11.8 Å². The molecule has 8 rings (SSSR count). The number of esters is 1. The molecule has 0 saturated carbocycles. The van der Waals surface area contributed by atoms with E-state index in [-0.39, 0.29) is 24.4 Å². The van der Waals surface area contributed by atoms with Crippen LogP contribution in [0.5, 0.6) is 0 Å². The first-order valence-corrected chi connectivity index (χ1v) is 20.6. The highest BCUT2D eigenvalue weighted by atomic mass is 79.9. The Morgan fingerprint density at radius 1 is 0.774 bits per heavy atom. The first-order valence-electron chi connectivity index (χ1n) is 18.3. The van der Waals surface area contributed by atoms with Crippen LogP contribution in [-0.4, -0.2) is 60.4 Å². The van der Waals surface area contributed by atoms with Gasteiger partial charge in [0.15, 0.2) is 0 Å². The molecule has 3 N–H and O–H groups in total. The van der Waals surface area contributed by atoms with E-state index in [0.29, 0.717) is 29.0 Å². The molecular weight excluding hydrogens is 839 g/mol. The van der Waals surface area contributed by atoms with Gasteiger partial charge in [-0.15, -0.1) is 0 Å². The Balaban J connectivity index is 0.000000165. The molecule has 0 bridgehead atoms. The average molecular weight is 882 g/mol. The third-order valence-electron chi connectivity index (χ3n) is 10.8. The van der Waals surface area contributed by atoms with Crippen molar-refractivity contribution in [2.75, 3.05) is 39.4 Å². The Morgan fingerprint density at radius 3 is 1.77 bits per heavy atom. The van der Waals surface area contributed by atoms with Crippen molar-refractivity contribution in [2.45, 2.75) is 44.4 Å². The molecule has 2 aromatic heterocycles. The highest BCUT2D eigenvalue weighted by molar-refractivity contribution is 9.10. The molecule has 7 nitrogen and oxygen atoms in total. The van der Waals surface area contributed by atoms with Crippen molar-refractivity contribution in [2.24, 2.45) is 11.8 Å². The van der Waals surface area contributed by atoms with E-state index in [1.807, 2.05) is 55.7 Å². The van der Waals surface area contributed by atoms with Crippen LogP contribution in [0.2, 0.25) is 10.0 Å². The van der Waals surface area contributed by atoms with Gasteiger partial charge < -0.3 is 20.5 Å². The topological polar surface area (TPSA) is 96.4 Å². The lowest BCUT2D eigenvalue weighted by molar-refractivity contribution is -0.136. The number of benzene rings is 2. The summed E-state index contributed by atoms with van der Waals surface area (Å²) >= 11 is 19.6. The van der Waals surface area contributed by atoms with E-state index in [1.165, 1.54) is 11.1 Å². The first-order chi connectivity index (χ1) is 25.7. The number of pyridine rings is 2. The molecule has 4 aliphatic rings. The smallest absolute Gasteiger partial charge is 0.338 e. The quantitative estimate of drug-likeness (QED) is 0.172. The SMILES string of the molecule is CCOC(=O)C1=Cc2cc(Cl)ccc2C(C2CCNCC2)c2ncc(Br)cc21.OCC1=Cc2cc(Cl)ccc2C(C2CCNCC2)c2ncc(Br)cc21. The standard InChI is InChI=1S/C22H22BrClN2O2.C20H20BrClN2O/c1-2-28-22(27)19-10-14-9-16(24)3-4-17(14)20(13-5-7-25-8-6-13)21-18(19)11-15(23)12-26-21;21-15-9-18-14(11-25)7-13-8-16(22)1-2-17(13)19(20(18)24-10-15)12-3-5-23-6-4-12/h3-4,9-13,20,25H,2,5-8H2,1H3;1-2,7-10,12,19,23,25H,3-6,11H2. The second-order valence-corrected chi connectivity index (χ2v) is 16.7. The van der Waals surface area contributed by atoms with Gasteiger partial charge in [-0.25, -0.2) is 4.79 Å². The van der Waals surface area contributed by atoms with Crippen LogP contribution in [0.4, 0.5) is 0 Å². The zero-order valence-corrected chi connectivity index (χ0v) is 34.2. The molecule has 2 aromatic carbocycles. The second-order valence-electron chi connectivity index (χ2n) is 14.0. The lowest BCUT2D eigenvalue weighted by Gasteiger charge is -2.32. The molecule has 11 heteroatoms. The van der Waals surface area contributed by atoms with Crippen LogP contribution in [-0.2, 0) is 9.53 Å². The largest absolute Gasteiger partial charge is 0.462 e. The van der Waals surface area contributed by atoms with E-state index in [0.717, 1.165) is 105 Å². The molecule has 276 valence electrons. The van der Waals surface area contributed by atoms with E-state index in [4.69, 9.17) is 37.9 Å². The lowest BCUT2D eigenvalue weighted by atomic mass is 9.76. The maximum Gasteiger partial charge on any atom is 0.338 e. The minimum absolute atomic E-state index is 0.0178. The summed E-state index contributed by atoms with van der Waals surface area (Å²) < 4.78 is 7.14. The number of hydrogen-bond donors (Lipinski definition) is 3. The van der Waals surface area contributed by atoms with Crippen molar-refractivity contribution in [1.29, 1.82) is 0 Å². The van der Waals surface area contributed by atoms with Gasteiger partial charge in [-0.1, -0.05) is 35.3 Å². The summed E-state index contributed by atoms with van der Waals surface area (Å²) in [7, 11) is 0. The number of rotatable bonds is 5. The predicted molar refractivity (Wildman–Crippen MR) is 221 cm³/mol. The minimum Gasteiger partial charge on any atom is -0.462 e. The van der Waals surface area contributed by atoms with Gasteiger partial charge in [0, 0.05) is 54.3 Å². The number of hydrogen-bond acceptors (Lipinski definition) is 7. The molecule has 2 saturated heterocycles. The van der Waals surface area contributed by atoms with Crippen molar-refractivity contribution in [3.05, 3.63) is 125 Å². The highest BCUT2D eigenvalue weighted by Crippen LogP contribution is 2.46. The fraction of sp³-hybridized carbons (Fsp3) is 0.357. The number of nitrogens with zero attached hydrogens (tertiary/aromatic N) is 2. The van der Waals surface area contributed by atoms with Crippen LogP contribution < -0.4 is 10.6 Å². The number of piperidine rings is 2. The molecule has 0 amide bonds. The van der Waals surface area contributed by atoms with Gasteiger partial charge in [0.1, 0.15) is 0 Å². The molecule has 2 unspecified atom stereocenters.